The number of aromatic nitrogens is 1. The molecule has 4 rings (SSSR count). The lowest BCUT2D eigenvalue weighted by atomic mass is 9.61. The predicted molar refractivity (Wildman–Crippen MR) is 97.5 cm³/mol. The zero-order chi connectivity index (χ0) is 18.1. The molecule has 1 spiro atoms. The molecule has 1 aromatic carbocycles. The van der Waals surface area contributed by atoms with Crippen LogP contribution in [0.25, 0.3) is 0 Å². The minimum Gasteiger partial charge on any atom is -0.393 e. The van der Waals surface area contributed by atoms with Gasteiger partial charge in [-0.05, 0) is 56.7 Å². The monoisotopic (exact) mass is 355 g/mol. The minimum absolute atomic E-state index is 0.0888. The second-order valence-electron chi connectivity index (χ2n) is 7.72. The number of carbonyl (C=O) groups excluding carboxylic acids is 1. The summed E-state index contributed by atoms with van der Waals surface area (Å²) in [5.74, 6) is 1.03. The largest absolute Gasteiger partial charge is 0.393 e. The van der Waals surface area contributed by atoms with Crippen LogP contribution in [0.5, 0.6) is 0 Å². The molecule has 2 fully saturated rings. The van der Waals surface area contributed by atoms with Gasteiger partial charge in [0, 0.05) is 6.07 Å². The number of piperidine rings is 1. The first kappa shape index (κ1) is 17.2. The fraction of sp³-hybridized carbons (Fsp3) is 0.500. The van der Waals surface area contributed by atoms with Crippen molar-refractivity contribution in [3.05, 3.63) is 47.7 Å². The van der Waals surface area contributed by atoms with Gasteiger partial charge in [0.25, 0.3) is 0 Å². The Bertz CT molecular complexity index is 758. The predicted octanol–water partition coefficient (Wildman–Crippen LogP) is 2.90. The van der Waals surface area contributed by atoms with E-state index >= 15 is 0 Å². The molecule has 1 aliphatic heterocycles. The molecule has 2 heterocycles. The van der Waals surface area contributed by atoms with Gasteiger partial charge in [0.2, 0.25) is 5.91 Å². The molecule has 1 atom stereocenters. The number of aryl methyl sites for hydroxylation is 1. The Morgan fingerprint density at radius 3 is 2.58 bits per heavy atom. The van der Waals surface area contributed by atoms with Gasteiger partial charge in [0.1, 0.15) is 11.8 Å². The SMILES string of the molecule is Cc1cc(NC(=O)C(c2ccccc2)N2CCC3(CC2)CC(O)C3)no1. The standard InChI is InChI=1S/C20H25N3O3/c1-14-11-17(22-26-14)21-19(25)18(15-5-3-2-4-6-15)23-9-7-20(8-10-23)12-16(24)13-20/h2-6,11,16,18,24H,7-10,12-13H2,1H3,(H,21,22,25). The molecule has 2 aliphatic rings. The number of hydrogen-bond donors (Lipinski definition) is 2. The lowest BCUT2D eigenvalue weighted by Crippen LogP contribution is -2.51. The fourth-order valence-corrected chi connectivity index (χ4v) is 4.39. The highest BCUT2D eigenvalue weighted by Gasteiger charge is 2.46. The smallest absolute Gasteiger partial charge is 0.247 e. The molecule has 0 bridgehead atoms. The van der Waals surface area contributed by atoms with Crippen LogP contribution in [-0.2, 0) is 4.79 Å². The van der Waals surface area contributed by atoms with Crippen molar-refractivity contribution in [2.24, 2.45) is 5.41 Å². The number of carbonyl (C=O) groups is 1. The van der Waals surface area contributed by atoms with Crippen LogP contribution in [0.15, 0.2) is 40.9 Å². The first-order valence-electron chi connectivity index (χ1n) is 9.26. The maximum Gasteiger partial charge on any atom is 0.247 e. The summed E-state index contributed by atoms with van der Waals surface area (Å²) in [5, 5.41) is 16.4. The molecule has 2 N–H and O–H groups in total. The van der Waals surface area contributed by atoms with Crippen LogP contribution in [-0.4, -0.2) is 40.3 Å². The number of rotatable bonds is 4. The van der Waals surface area contributed by atoms with Crippen LogP contribution in [0.2, 0.25) is 0 Å². The summed E-state index contributed by atoms with van der Waals surface area (Å²) in [5.41, 5.74) is 1.27. The van der Waals surface area contributed by atoms with Crippen LogP contribution in [0.1, 0.15) is 43.0 Å². The van der Waals surface area contributed by atoms with Gasteiger partial charge in [0.05, 0.1) is 6.10 Å². The van der Waals surface area contributed by atoms with Crippen molar-refractivity contribution in [3.63, 3.8) is 0 Å². The lowest BCUT2D eigenvalue weighted by molar-refractivity contribution is -0.125. The quantitative estimate of drug-likeness (QED) is 0.882. The Hall–Kier alpha value is -2.18. The van der Waals surface area contributed by atoms with Crippen LogP contribution in [0.3, 0.4) is 0 Å². The molecule has 1 amide bonds. The Kier molecular flexibility index (Phi) is 4.54. The molecule has 2 aromatic rings. The zero-order valence-corrected chi connectivity index (χ0v) is 15.0. The first-order chi connectivity index (χ1) is 12.5. The third-order valence-corrected chi connectivity index (χ3v) is 5.80. The molecule has 1 aromatic heterocycles. The van der Waals surface area contributed by atoms with Gasteiger partial charge >= 0.3 is 0 Å². The van der Waals surface area contributed by atoms with E-state index in [0.29, 0.717) is 11.6 Å². The second kappa shape index (κ2) is 6.85. The normalized spacial score (nSPS) is 21.3. The minimum atomic E-state index is -0.351. The number of hydrogen-bond acceptors (Lipinski definition) is 5. The van der Waals surface area contributed by atoms with Gasteiger partial charge in [0.15, 0.2) is 5.82 Å². The van der Waals surface area contributed by atoms with Crippen molar-refractivity contribution in [1.82, 2.24) is 10.1 Å². The number of anilines is 1. The van der Waals surface area contributed by atoms with Crippen LogP contribution < -0.4 is 5.32 Å². The highest BCUT2D eigenvalue weighted by molar-refractivity contribution is 5.94. The van der Waals surface area contributed by atoms with E-state index < -0.39 is 0 Å². The summed E-state index contributed by atoms with van der Waals surface area (Å²) in [6.07, 6.45) is 3.74. The molecular weight excluding hydrogens is 330 g/mol. The van der Waals surface area contributed by atoms with E-state index in [1.807, 2.05) is 30.3 Å². The second-order valence-corrected chi connectivity index (χ2v) is 7.72. The van der Waals surface area contributed by atoms with Crippen molar-refractivity contribution >= 4 is 11.7 Å². The zero-order valence-electron chi connectivity index (χ0n) is 15.0. The summed E-state index contributed by atoms with van der Waals surface area (Å²) in [6.45, 7) is 3.52. The van der Waals surface area contributed by atoms with E-state index in [2.05, 4.69) is 15.4 Å². The maximum absolute atomic E-state index is 13.0. The number of benzene rings is 1. The van der Waals surface area contributed by atoms with E-state index in [4.69, 9.17) is 4.52 Å². The van der Waals surface area contributed by atoms with Crippen molar-refractivity contribution in [2.75, 3.05) is 18.4 Å². The Morgan fingerprint density at radius 1 is 1.31 bits per heavy atom. The molecule has 6 nitrogen and oxygen atoms in total. The van der Waals surface area contributed by atoms with Crippen LogP contribution in [0, 0.1) is 12.3 Å². The summed E-state index contributed by atoms with van der Waals surface area (Å²) < 4.78 is 5.05. The van der Waals surface area contributed by atoms with E-state index in [0.717, 1.165) is 44.3 Å². The summed E-state index contributed by atoms with van der Waals surface area (Å²) in [7, 11) is 0. The molecule has 138 valence electrons. The van der Waals surface area contributed by atoms with Gasteiger partial charge in [-0.2, -0.15) is 0 Å². The van der Waals surface area contributed by atoms with Gasteiger partial charge < -0.3 is 14.9 Å². The molecule has 6 heteroatoms. The molecule has 1 aliphatic carbocycles. The molecular formula is C20H25N3O3. The maximum atomic E-state index is 13.0. The highest BCUT2D eigenvalue weighted by Crippen LogP contribution is 2.49. The molecule has 26 heavy (non-hydrogen) atoms. The number of nitrogens with zero attached hydrogens (tertiary/aromatic N) is 2. The van der Waals surface area contributed by atoms with E-state index in [1.54, 1.807) is 13.0 Å². The van der Waals surface area contributed by atoms with Gasteiger partial charge in [-0.25, -0.2) is 0 Å². The van der Waals surface area contributed by atoms with Gasteiger partial charge in [-0.3, -0.25) is 9.69 Å². The van der Waals surface area contributed by atoms with Crippen LogP contribution in [0.4, 0.5) is 5.82 Å². The fourth-order valence-electron chi connectivity index (χ4n) is 4.39. The number of likely N-dealkylation sites (tertiary alicyclic amines) is 1. The van der Waals surface area contributed by atoms with Gasteiger partial charge in [-0.1, -0.05) is 35.5 Å². The van der Waals surface area contributed by atoms with E-state index in [1.165, 1.54) is 0 Å². The van der Waals surface area contributed by atoms with Crippen molar-refractivity contribution in [1.29, 1.82) is 0 Å². The van der Waals surface area contributed by atoms with Gasteiger partial charge in [-0.15, -0.1) is 0 Å². The third-order valence-electron chi connectivity index (χ3n) is 5.80. The summed E-state index contributed by atoms with van der Waals surface area (Å²) in [4.78, 5) is 15.3. The Balaban J connectivity index is 1.51. The van der Waals surface area contributed by atoms with E-state index in [-0.39, 0.29) is 23.5 Å². The average Bonchev–Trinajstić information content (AvgIpc) is 3.01. The molecule has 1 unspecified atom stereocenters. The topological polar surface area (TPSA) is 78.6 Å². The number of amides is 1. The van der Waals surface area contributed by atoms with Crippen molar-refractivity contribution in [3.8, 4) is 0 Å². The Labute approximate surface area is 153 Å². The van der Waals surface area contributed by atoms with Crippen molar-refractivity contribution < 1.29 is 14.4 Å². The van der Waals surface area contributed by atoms with Crippen molar-refractivity contribution in [2.45, 2.75) is 44.8 Å². The number of nitrogens with one attached hydrogen (secondary N) is 1. The summed E-state index contributed by atoms with van der Waals surface area (Å²) in [6, 6.07) is 11.2. The third kappa shape index (κ3) is 3.39. The Morgan fingerprint density at radius 2 is 2.00 bits per heavy atom. The van der Waals surface area contributed by atoms with Crippen LogP contribution >= 0.6 is 0 Å². The average molecular weight is 355 g/mol. The van der Waals surface area contributed by atoms with E-state index in [9.17, 15) is 9.90 Å². The molecule has 0 radical (unpaired) electrons. The number of aliphatic hydroxyl groups is 1. The number of aliphatic hydroxyl groups excluding tert-OH is 1. The summed E-state index contributed by atoms with van der Waals surface area (Å²) >= 11 is 0. The highest BCUT2D eigenvalue weighted by atomic mass is 16.5. The lowest BCUT2D eigenvalue weighted by Gasteiger charge is -2.51. The molecule has 1 saturated heterocycles. The molecule has 1 saturated carbocycles. The first-order valence-corrected chi connectivity index (χ1v) is 9.26.